The number of piperidine rings is 1. The summed E-state index contributed by atoms with van der Waals surface area (Å²) in [6.07, 6.45) is 3.65. The van der Waals surface area contributed by atoms with Gasteiger partial charge in [0.15, 0.2) is 0 Å². The molecule has 0 bridgehead atoms. The van der Waals surface area contributed by atoms with E-state index in [4.69, 9.17) is 9.47 Å². The van der Waals surface area contributed by atoms with Gasteiger partial charge in [-0.3, -0.25) is 4.79 Å². The van der Waals surface area contributed by atoms with Gasteiger partial charge in [-0.05, 0) is 62.5 Å². The first kappa shape index (κ1) is 15.3. The second-order valence-corrected chi connectivity index (χ2v) is 6.19. The van der Waals surface area contributed by atoms with Gasteiger partial charge in [-0.25, -0.2) is 0 Å². The molecular formula is C17H24N2O3. The van der Waals surface area contributed by atoms with Crippen LogP contribution < -0.4 is 15.4 Å². The summed E-state index contributed by atoms with van der Waals surface area (Å²) in [6, 6.07) is 5.91. The molecule has 0 radical (unpaired) electrons. The topological polar surface area (TPSA) is 59.6 Å². The Bertz CT molecular complexity index is 533. The standard InChI is InChI=1S/C17H24N2O3/c1-21-12-17(6-8-18-9-7-17)16(20)19-14-4-5-15-13(11-14)3-2-10-22-15/h4-5,11,18H,2-3,6-10,12H2,1H3,(H,19,20). The molecule has 1 fully saturated rings. The number of anilines is 1. The monoisotopic (exact) mass is 304 g/mol. The second-order valence-electron chi connectivity index (χ2n) is 6.19. The summed E-state index contributed by atoms with van der Waals surface area (Å²) >= 11 is 0. The number of fused-ring (bicyclic) bond motifs is 1. The van der Waals surface area contributed by atoms with Gasteiger partial charge in [0.2, 0.25) is 5.91 Å². The lowest BCUT2D eigenvalue weighted by molar-refractivity contribution is -0.130. The maximum absolute atomic E-state index is 12.8. The van der Waals surface area contributed by atoms with Gasteiger partial charge in [0.25, 0.3) is 0 Å². The number of aryl methyl sites for hydroxylation is 1. The van der Waals surface area contributed by atoms with E-state index < -0.39 is 5.41 Å². The van der Waals surface area contributed by atoms with Gasteiger partial charge in [0, 0.05) is 12.8 Å². The van der Waals surface area contributed by atoms with Gasteiger partial charge in [-0.15, -0.1) is 0 Å². The number of carbonyl (C=O) groups is 1. The summed E-state index contributed by atoms with van der Waals surface area (Å²) in [7, 11) is 1.66. The molecule has 0 aliphatic carbocycles. The smallest absolute Gasteiger partial charge is 0.233 e. The number of hydrogen-bond donors (Lipinski definition) is 2. The molecule has 0 aromatic heterocycles. The molecule has 3 rings (SSSR count). The van der Waals surface area contributed by atoms with Crippen LogP contribution in [0.4, 0.5) is 5.69 Å². The summed E-state index contributed by atoms with van der Waals surface area (Å²) in [5.41, 5.74) is 1.60. The van der Waals surface area contributed by atoms with Crippen molar-refractivity contribution in [2.24, 2.45) is 5.41 Å². The summed E-state index contributed by atoms with van der Waals surface area (Å²) in [6.45, 7) is 2.96. The minimum Gasteiger partial charge on any atom is -0.493 e. The van der Waals surface area contributed by atoms with Gasteiger partial charge >= 0.3 is 0 Å². The first-order chi connectivity index (χ1) is 10.7. The van der Waals surface area contributed by atoms with Gasteiger partial charge < -0.3 is 20.1 Å². The number of rotatable bonds is 4. The van der Waals surface area contributed by atoms with Crippen molar-refractivity contribution < 1.29 is 14.3 Å². The number of amides is 1. The van der Waals surface area contributed by atoms with Gasteiger partial charge in [-0.2, -0.15) is 0 Å². The van der Waals surface area contributed by atoms with Crippen LogP contribution in [0.5, 0.6) is 5.75 Å². The Kier molecular flexibility index (Phi) is 4.64. The molecule has 2 aliphatic rings. The maximum Gasteiger partial charge on any atom is 0.233 e. The zero-order valence-electron chi connectivity index (χ0n) is 13.1. The normalized spacial score (nSPS) is 19.9. The average molecular weight is 304 g/mol. The van der Waals surface area contributed by atoms with E-state index in [1.807, 2.05) is 18.2 Å². The number of methoxy groups -OCH3 is 1. The first-order valence-electron chi connectivity index (χ1n) is 8.00. The van der Waals surface area contributed by atoms with Crippen LogP contribution in [0.1, 0.15) is 24.8 Å². The van der Waals surface area contributed by atoms with Gasteiger partial charge in [0.05, 0.1) is 18.6 Å². The minimum absolute atomic E-state index is 0.0625. The highest BCUT2D eigenvalue weighted by atomic mass is 16.5. The Morgan fingerprint density at radius 2 is 2.23 bits per heavy atom. The molecule has 1 saturated heterocycles. The molecule has 0 atom stereocenters. The Morgan fingerprint density at radius 1 is 1.41 bits per heavy atom. The van der Waals surface area contributed by atoms with Crippen molar-refractivity contribution in [1.29, 1.82) is 0 Å². The predicted molar refractivity (Wildman–Crippen MR) is 85.3 cm³/mol. The Hall–Kier alpha value is -1.59. The van der Waals surface area contributed by atoms with Crippen LogP contribution in [-0.2, 0) is 16.0 Å². The van der Waals surface area contributed by atoms with E-state index in [2.05, 4.69) is 10.6 Å². The van der Waals surface area contributed by atoms with Crippen LogP contribution in [0.25, 0.3) is 0 Å². The molecule has 5 heteroatoms. The van der Waals surface area contributed by atoms with E-state index in [0.717, 1.165) is 56.8 Å². The third-order valence-corrected chi connectivity index (χ3v) is 4.63. The molecular weight excluding hydrogens is 280 g/mol. The SMILES string of the molecule is COCC1(C(=O)Nc2ccc3c(c2)CCCO3)CCNCC1. The van der Waals surface area contributed by atoms with Crippen molar-refractivity contribution in [3.8, 4) is 5.75 Å². The van der Waals surface area contributed by atoms with E-state index in [0.29, 0.717) is 6.61 Å². The number of carbonyl (C=O) groups excluding carboxylic acids is 1. The lowest BCUT2D eigenvalue weighted by Gasteiger charge is -2.35. The van der Waals surface area contributed by atoms with Crippen molar-refractivity contribution >= 4 is 11.6 Å². The minimum atomic E-state index is -0.424. The first-order valence-corrected chi connectivity index (χ1v) is 8.00. The molecule has 120 valence electrons. The highest BCUT2D eigenvalue weighted by Gasteiger charge is 2.39. The summed E-state index contributed by atoms with van der Waals surface area (Å²) < 4.78 is 10.9. The lowest BCUT2D eigenvalue weighted by atomic mass is 9.78. The number of nitrogens with one attached hydrogen (secondary N) is 2. The summed E-state index contributed by atoms with van der Waals surface area (Å²) in [5.74, 6) is 1.00. The third kappa shape index (κ3) is 3.10. The molecule has 2 aliphatic heterocycles. The van der Waals surface area contributed by atoms with Crippen LogP contribution in [-0.4, -0.2) is 39.3 Å². The molecule has 1 aromatic rings. The zero-order chi connectivity index (χ0) is 15.4. The van der Waals surface area contributed by atoms with Gasteiger partial charge in [0.1, 0.15) is 5.75 Å². The van der Waals surface area contributed by atoms with Crippen LogP contribution in [0.15, 0.2) is 18.2 Å². The van der Waals surface area contributed by atoms with Crippen LogP contribution in [0, 0.1) is 5.41 Å². The molecule has 2 N–H and O–H groups in total. The van der Waals surface area contributed by atoms with Crippen molar-refractivity contribution in [3.63, 3.8) is 0 Å². The lowest BCUT2D eigenvalue weighted by Crippen LogP contribution is -2.47. The van der Waals surface area contributed by atoms with E-state index in [1.165, 1.54) is 5.56 Å². The molecule has 22 heavy (non-hydrogen) atoms. The quantitative estimate of drug-likeness (QED) is 0.893. The fourth-order valence-electron chi connectivity index (χ4n) is 3.32. The van der Waals surface area contributed by atoms with E-state index >= 15 is 0 Å². The van der Waals surface area contributed by atoms with Crippen molar-refractivity contribution in [2.75, 3.05) is 38.7 Å². The summed E-state index contributed by atoms with van der Waals surface area (Å²) in [5, 5.41) is 6.39. The van der Waals surface area contributed by atoms with Crippen molar-refractivity contribution in [3.05, 3.63) is 23.8 Å². The molecule has 0 spiro atoms. The van der Waals surface area contributed by atoms with Gasteiger partial charge in [-0.1, -0.05) is 0 Å². The fourth-order valence-corrected chi connectivity index (χ4v) is 3.32. The van der Waals surface area contributed by atoms with Crippen LogP contribution in [0.2, 0.25) is 0 Å². The molecule has 2 heterocycles. The Balaban J connectivity index is 1.74. The van der Waals surface area contributed by atoms with Crippen molar-refractivity contribution in [1.82, 2.24) is 5.32 Å². The zero-order valence-corrected chi connectivity index (χ0v) is 13.1. The highest BCUT2D eigenvalue weighted by molar-refractivity contribution is 5.95. The molecule has 1 aromatic carbocycles. The average Bonchev–Trinajstić information content (AvgIpc) is 2.56. The molecule has 0 saturated carbocycles. The second kappa shape index (κ2) is 6.67. The highest BCUT2D eigenvalue weighted by Crippen LogP contribution is 2.32. The van der Waals surface area contributed by atoms with Crippen LogP contribution in [0.3, 0.4) is 0 Å². The van der Waals surface area contributed by atoms with E-state index in [-0.39, 0.29) is 5.91 Å². The molecule has 0 unspecified atom stereocenters. The molecule has 1 amide bonds. The largest absolute Gasteiger partial charge is 0.493 e. The number of ether oxygens (including phenoxy) is 2. The maximum atomic E-state index is 12.8. The third-order valence-electron chi connectivity index (χ3n) is 4.63. The van der Waals surface area contributed by atoms with Crippen LogP contribution >= 0.6 is 0 Å². The number of benzene rings is 1. The Labute approximate surface area is 131 Å². The fraction of sp³-hybridized carbons (Fsp3) is 0.588. The van der Waals surface area contributed by atoms with E-state index in [1.54, 1.807) is 7.11 Å². The molecule has 5 nitrogen and oxygen atoms in total. The Morgan fingerprint density at radius 3 is 3.00 bits per heavy atom. The van der Waals surface area contributed by atoms with Crippen molar-refractivity contribution in [2.45, 2.75) is 25.7 Å². The van der Waals surface area contributed by atoms with E-state index in [9.17, 15) is 4.79 Å². The predicted octanol–water partition coefficient (Wildman–Crippen LogP) is 1.97. The summed E-state index contributed by atoms with van der Waals surface area (Å²) in [4.78, 5) is 12.8. The number of hydrogen-bond acceptors (Lipinski definition) is 4.